The molecule has 0 radical (unpaired) electrons. The molecule has 3 N–H and O–H groups in total. The first-order valence-corrected chi connectivity index (χ1v) is 10.4. The van der Waals surface area contributed by atoms with E-state index in [-0.39, 0.29) is 17.4 Å². The molecule has 0 bridgehead atoms. The van der Waals surface area contributed by atoms with Crippen molar-refractivity contribution in [3.05, 3.63) is 65.4 Å². The zero-order chi connectivity index (χ0) is 21.1. The molecule has 0 aliphatic carbocycles. The quantitative estimate of drug-likeness (QED) is 0.541. The first-order chi connectivity index (χ1) is 14.6. The Labute approximate surface area is 183 Å². The van der Waals surface area contributed by atoms with Crippen molar-refractivity contribution in [1.82, 2.24) is 9.97 Å². The van der Waals surface area contributed by atoms with Crippen molar-refractivity contribution in [2.24, 2.45) is 4.99 Å². The maximum absolute atomic E-state index is 9.48. The van der Waals surface area contributed by atoms with Crippen LogP contribution in [0.25, 0.3) is 0 Å². The highest BCUT2D eigenvalue weighted by Crippen LogP contribution is 2.44. The minimum absolute atomic E-state index is 0.141. The molecule has 30 heavy (non-hydrogen) atoms. The molecule has 0 unspecified atom stereocenters. The van der Waals surface area contributed by atoms with Crippen LogP contribution in [-0.4, -0.2) is 21.8 Å². The number of nitrogens with zero attached hydrogens (tertiary/aromatic N) is 5. The summed E-state index contributed by atoms with van der Waals surface area (Å²) < 4.78 is 2.05. The third kappa shape index (κ3) is 3.77. The smallest absolute Gasteiger partial charge is 0.150 e. The summed E-state index contributed by atoms with van der Waals surface area (Å²) in [5, 5.41) is 13.5. The highest BCUT2D eigenvalue weighted by Gasteiger charge is 2.30. The highest BCUT2D eigenvalue weighted by molar-refractivity contribution is 8.01. The number of amidine groups is 1. The molecule has 0 amide bonds. The lowest BCUT2D eigenvalue weighted by atomic mass is 10.1. The molecule has 9 heteroatoms. The number of aromatic nitrogens is 2. The van der Waals surface area contributed by atoms with Crippen LogP contribution in [0.3, 0.4) is 0 Å². The molecule has 0 fully saturated rings. The van der Waals surface area contributed by atoms with E-state index in [9.17, 15) is 5.26 Å². The van der Waals surface area contributed by atoms with Gasteiger partial charge in [0.2, 0.25) is 0 Å². The van der Waals surface area contributed by atoms with Crippen molar-refractivity contribution in [1.29, 1.82) is 5.26 Å². The number of rotatable bonds is 5. The van der Waals surface area contributed by atoms with Crippen LogP contribution < -0.4 is 15.4 Å². The van der Waals surface area contributed by atoms with E-state index in [2.05, 4.69) is 21.4 Å². The Hall–Kier alpha value is -3.28. The second-order valence-electron chi connectivity index (χ2n) is 6.48. The zero-order valence-corrected chi connectivity index (χ0v) is 17.7. The van der Waals surface area contributed by atoms with Gasteiger partial charge < -0.3 is 11.1 Å². The Balaban J connectivity index is 1.79. The second kappa shape index (κ2) is 8.61. The molecule has 2 aromatic carbocycles. The molecule has 7 nitrogen and oxygen atoms in total. The summed E-state index contributed by atoms with van der Waals surface area (Å²) in [6, 6.07) is 17.5. The summed E-state index contributed by atoms with van der Waals surface area (Å²) in [4.78, 5) is 13.9. The third-order valence-corrected chi connectivity index (χ3v) is 6.20. The van der Waals surface area contributed by atoms with Crippen LogP contribution in [0.1, 0.15) is 18.9 Å². The maximum Gasteiger partial charge on any atom is 0.150 e. The number of halogens is 1. The van der Waals surface area contributed by atoms with E-state index in [1.807, 2.05) is 59.8 Å². The number of nitriles is 1. The van der Waals surface area contributed by atoms with Crippen molar-refractivity contribution in [3.8, 4) is 6.07 Å². The van der Waals surface area contributed by atoms with E-state index in [0.29, 0.717) is 17.3 Å². The van der Waals surface area contributed by atoms with Gasteiger partial charge in [0, 0.05) is 0 Å². The van der Waals surface area contributed by atoms with E-state index < -0.39 is 0 Å². The summed E-state index contributed by atoms with van der Waals surface area (Å²) in [5.41, 5.74) is 7.84. The van der Waals surface area contributed by atoms with Crippen LogP contribution in [0.15, 0.2) is 64.7 Å². The Bertz CT molecular complexity index is 1140. The fourth-order valence-corrected chi connectivity index (χ4v) is 4.39. The van der Waals surface area contributed by atoms with Crippen molar-refractivity contribution >= 4 is 52.4 Å². The second-order valence-corrected chi connectivity index (χ2v) is 7.84. The number of aliphatic imine (C=N–C) groups is 1. The highest BCUT2D eigenvalue weighted by atomic mass is 35.5. The topological polar surface area (TPSA) is 103 Å². The van der Waals surface area contributed by atoms with Gasteiger partial charge in [0.15, 0.2) is 0 Å². The largest absolute Gasteiger partial charge is 0.382 e. The van der Waals surface area contributed by atoms with E-state index >= 15 is 0 Å². The molecular formula is C21H18ClN7S. The minimum atomic E-state index is -0.230. The van der Waals surface area contributed by atoms with Crippen LogP contribution in [-0.2, 0) is 0 Å². The fraction of sp³-hybridized carbons (Fsp3) is 0.143. The van der Waals surface area contributed by atoms with Crippen LogP contribution in [0, 0.1) is 11.3 Å². The van der Waals surface area contributed by atoms with Gasteiger partial charge in [-0.25, -0.2) is 15.0 Å². The monoisotopic (exact) mass is 435 g/mol. The number of hydrogen-bond acceptors (Lipinski definition) is 8. The molecular weight excluding hydrogens is 418 g/mol. The van der Waals surface area contributed by atoms with Crippen LogP contribution in [0.2, 0.25) is 5.02 Å². The normalized spacial score (nSPS) is 13.8. The Kier molecular flexibility index (Phi) is 5.74. The number of hydrogen-bond donors (Lipinski definition) is 2. The van der Waals surface area contributed by atoms with Crippen LogP contribution in [0.5, 0.6) is 0 Å². The van der Waals surface area contributed by atoms with E-state index in [1.165, 1.54) is 18.3 Å². The molecule has 1 aliphatic heterocycles. The van der Waals surface area contributed by atoms with Gasteiger partial charge in [-0.1, -0.05) is 42.8 Å². The number of nitrogens with one attached hydrogen (secondary N) is 1. The van der Waals surface area contributed by atoms with Gasteiger partial charge in [0.1, 0.15) is 35.4 Å². The van der Waals surface area contributed by atoms with Gasteiger partial charge in [-0.05, 0) is 42.6 Å². The minimum Gasteiger partial charge on any atom is -0.382 e. The number of benzene rings is 2. The van der Waals surface area contributed by atoms with Gasteiger partial charge in [-0.2, -0.15) is 5.26 Å². The number of nitrogen functional groups attached to an aromatic ring is 1. The average molecular weight is 436 g/mol. The molecule has 150 valence electrons. The lowest BCUT2D eigenvalue weighted by Crippen LogP contribution is -2.41. The predicted octanol–water partition coefficient (Wildman–Crippen LogP) is 5.03. The lowest BCUT2D eigenvalue weighted by Gasteiger charge is -2.33. The summed E-state index contributed by atoms with van der Waals surface area (Å²) in [7, 11) is 0. The first-order valence-electron chi connectivity index (χ1n) is 9.29. The standard InChI is InChI=1S/C21H18ClN7S/c1-2-16(27-20-14(11-23)19(24)25-12-26-20)21-28-17-10-6-9-15(22)18(17)30-29(21)13-7-4-3-5-8-13/h3-10,12,16H,2H2,1H3,(H3,24,25,26,27)/t16-/m0/s1. The lowest BCUT2D eigenvalue weighted by molar-refractivity contribution is 0.851. The Morgan fingerprint density at radius 2 is 2.00 bits per heavy atom. The van der Waals surface area contributed by atoms with Crippen molar-refractivity contribution in [2.45, 2.75) is 24.3 Å². The molecule has 3 aromatic rings. The average Bonchev–Trinajstić information content (AvgIpc) is 2.77. The van der Waals surface area contributed by atoms with Crippen molar-refractivity contribution < 1.29 is 0 Å². The van der Waals surface area contributed by atoms with Gasteiger partial charge in [0.05, 0.1) is 27.3 Å². The summed E-state index contributed by atoms with van der Waals surface area (Å²) in [5.74, 6) is 1.31. The van der Waals surface area contributed by atoms with Crippen molar-refractivity contribution in [3.63, 3.8) is 0 Å². The number of nitrogens with two attached hydrogens (primary N) is 1. The number of anilines is 3. The maximum atomic E-state index is 9.48. The fourth-order valence-electron chi connectivity index (χ4n) is 3.08. The Morgan fingerprint density at radius 1 is 1.20 bits per heavy atom. The first kappa shape index (κ1) is 20.0. The van der Waals surface area contributed by atoms with Gasteiger partial charge >= 0.3 is 0 Å². The van der Waals surface area contributed by atoms with Gasteiger partial charge in [0.25, 0.3) is 0 Å². The molecule has 0 saturated heterocycles. The summed E-state index contributed by atoms with van der Waals surface area (Å²) >= 11 is 7.96. The summed E-state index contributed by atoms with van der Waals surface area (Å²) in [6.45, 7) is 2.04. The van der Waals surface area contributed by atoms with Gasteiger partial charge in [-0.15, -0.1) is 0 Å². The van der Waals surface area contributed by atoms with Crippen molar-refractivity contribution in [2.75, 3.05) is 15.4 Å². The molecule has 2 heterocycles. The van der Waals surface area contributed by atoms with Crippen LogP contribution >= 0.6 is 23.5 Å². The molecule has 0 spiro atoms. The molecule has 4 rings (SSSR count). The summed E-state index contributed by atoms with van der Waals surface area (Å²) in [6.07, 6.45) is 2.04. The van der Waals surface area contributed by atoms with E-state index in [0.717, 1.165) is 22.1 Å². The Morgan fingerprint density at radius 3 is 2.73 bits per heavy atom. The SMILES string of the molecule is CC[C@H](Nc1ncnc(N)c1C#N)C1=Nc2cccc(Cl)c2SN1c1ccccc1. The van der Waals surface area contributed by atoms with E-state index in [4.69, 9.17) is 22.3 Å². The number of para-hydroxylation sites is 1. The molecule has 1 atom stereocenters. The van der Waals surface area contributed by atoms with E-state index in [1.54, 1.807) is 0 Å². The number of fused-ring (bicyclic) bond motifs is 1. The molecule has 1 aromatic heterocycles. The molecule has 0 saturated carbocycles. The zero-order valence-electron chi connectivity index (χ0n) is 16.1. The third-order valence-electron chi connectivity index (χ3n) is 4.58. The predicted molar refractivity (Wildman–Crippen MR) is 122 cm³/mol. The van der Waals surface area contributed by atoms with Gasteiger partial charge in [-0.3, -0.25) is 4.31 Å². The van der Waals surface area contributed by atoms with Crippen LogP contribution in [0.4, 0.5) is 23.0 Å². The molecule has 1 aliphatic rings.